The molecule has 0 aromatic carbocycles. The van der Waals surface area contributed by atoms with Crippen molar-refractivity contribution in [1.29, 1.82) is 0 Å². The topological polar surface area (TPSA) is 20.7 Å². The molecule has 2 nitrogen and oxygen atoms in total. The van der Waals surface area contributed by atoms with Crippen LogP contribution in [0.25, 0.3) is 0 Å². The van der Waals surface area contributed by atoms with Crippen LogP contribution in [0.3, 0.4) is 0 Å². The van der Waals surface area contributed by atoms with Crippen LogP contribution in [-0.4, -0.2) is 9.78 Å². The van der Waals surface area contributed by atoms with Crippen LogP contribution in [0.15, 0.2) is 6.07 Å². The number of H-pyrrole nitrogens is 1. The lowest BCUT2D eigenvalue weighted by Crippen LogP contribution is -2.14. The van der Waals surface area contributed by atoms with Crippen molar-refractivity contribution in [3.63, 3.8) is 0 Å². The van der Waals surface area contributed by atoms with E-state index in [1.165, 1.54) is 5.69 Å². The van der Waals surface area contributed by atoms with E-state index in [-0.39, 0.29) is 5.41 Å². The van der Waals surface area contributed by atoms with Gasteiger partial charge in [-0.25, -0.2) is 0 Å². The largest absolute Gasteiger partial charge is 0.301 e. The lowest BCUT2D eigenvalue weighted by Gasteiger charge is -2.16. The Labute approximate surface area is 91.3 Å². The highest BCUT2D eigenvalue weighted by molar-refractivity contribution is 7.71. The van der Waals surface area contributed by atoms with Gasteiger partial charge in [0.2, 0.25) is 0 Å². The minimum Gasteiger partial charge on any atom is -0.301 e. The summed E-state index contributed by atoms with van der Waals surface area (Å²) in [6, 6.07) is 2.07. The Morgan fingerprint density at radius 3 is 2.36 bits per heavy atom. The van der Waals surface area contributed by atoms with Crippen molar-refractivity contribution in [1.82, 2.24) is 9.78 Å². The molecule has 0 unspecified atom stereocenters. The third-order valence-corrected chi connectivity index (χ3v) is 2.48. The average molecular weight is 212 g/mol. The lowest BCUT2D eigenvalue weighted by atomic mass is 9.93. The Morgan fingerprint density at radius 1 is 1.43 bits per heavy atom. The van der Waals surface area contributed by atoms with Crippen molar-refractivity contribution in [2.24, 2.45) is 5.92 Å². The fraction of sp³-hybridized carbons (Fsp3) is 0.727. The maximum Gasteiger partial charge on any atom is 0.122 e. The molecular weight excluding hydrogens is 192 g/mol. The highest BCUT2D eigenvalue weighted by atomic mass is 32.1. The van der Waals surface area contributed by atoms with Crippen LogP contribution in [0.4, 0.5) is 0 Å². The van der Waals surface area contributed by atoms with E-state index in [9.17, 15) is 0 Å². The molecule has 0 amide bonds. The fourth-order valence-electron chi connectivity index (χ4n) is 1.32. The molecule has 0 aliphatic rings. The van der Waals surface area contributed by atoms with Gasteiger partial charge in [0.15, 0.2) is 0 Å². The minimum atomic E-state index is 0.149. The molecule has 0 aliphatic carbocycles. The van der Waals surface area contributed by atoms with Gasteiger partial charge in [0.05, 0.1) is 0 Å². The van der Waals surface area contributed by atoms with Gasteiger partial charge < -0.3 is 5.10 Å². The highest BCUT2D eigenvalue weighted by Gasteiger charge is 2.16. The predicted octanol–water partition coefficient (Wildman–Crippen LogP) is 3.50. The molecule has 1 aromatic rings. The van der Waals surface area contributed by atoms with Crippen LogP contribution in [0.1, 0.15) is 40.3 Å². The third-order valence-electron chi connectivity index (χ3n) is 2.14. The minimum absolute atomic E-state index is 0.149. The van der Waals surface area contributed by atoms with Crippen molar-refractivity contribution >= 4 is 12.2 Å². The zero-order valence-corrected chi connectivity index (χ0v) is 10.5. The molecule has 1 heterocycles. The van der Waals surface area contributed by atoms with Gasteiger partial charge in [-0.05, 0) is 12.0 Å². The third kappa shape index (κ3) is 2.71. The van der Waals surface area contributed by atoms with Crippen molar-refractivity contribution in [2.75, 3.05) is 0 Å². The van der Waals surface area contributed by atoms with Gasteiger partial charge in [0, 0.05) is 17.7 Å². The zero-order chi connectivity index (χ0) is 10.9. The van der Waals surface area contributed by atoms with E-state index in [4.69, 9.17) is 12.2 Å². The summed E-state index contributed by atoms with van der Waals surface area (Å²) in [5.74, 6) is 0.619. The van der Waals surface area contributed by atoms with E-state index in [0.717, 1.165) is 11.2 Å². The van der Waals surface area contributed by atoms with E-state index in [1.54, 1.807) is 0 Å². The normalized spacial score (nSPS) is 12.4. The first-order valence-corrected chi connectivity index (χ1v) is 5.52. The number of hydrogen-bond acceptors (Lipinski definition) is 1. The molecule has 1 aromatic heterocycles. The highest BCUT2D eigenvalue weighted by Crippen LogP contribution is 2.20. The summed E-state index contributed by atoms with van der Waals surface area (Å²) >= 11 is 5.29. The second-order valence-electron chi connectivity index (χ2n) is 5.26. The number of aromatic nitrogens is 2. The molecule has 1 N–H and O–H groups in total. The molecule has 0 saturated heterocycles. The molecule has 3 heteroatoms. The summed E-state index contributed by atoms with van der Waals surface area (Å²) in [7, 11) is 0. The average Bonchev–Trinajstić information content (AvgIpc) is 2.30. The maximum absolute atomic E-state index is 5.29. The summed E-state index contributed by atoms with van der Waals surface area (Å²) in [5, 5.41) is 3.37. The quantitative estimate of drug-likeness (QED) is 0.744. The number of aromatic amines is 1. The van der Waals surface area contributed by atoms with Crippen LogP contribution < -0.4 is 0 Å². The van der Waals surface area contributed by atoms with Crippen molar-refractivity contribution in [3.8, 4) is 0 Å². The van der Waals surface area contributed by atoms with Crippen LogP contribution in [0, 0.1) is 10.6 Å². The molecule has 80 valence electrons. The predicted molar refractivity (Wildman–Crippen MR) is 63.2 cm³/mol. The van der Waals surface area contributed by atoms with Crippen LogP contribution in [0.2, 0.25) is 0 Å². The summed E-state index contributed by atoms with van der Waals surface area (Å²) in [6.45, 7) is 11.9. The fourth-order valence-corrected chi connectivity index (χ4v) is 1.56. The van der Waals surface area contributed by atoms with Crippen LogP contribution >= 0.6 is 12.2 Å². The second kappa shape index (κ2) is 3.89. The Balaban J connectivity index is 3.00. The first kappa shape index (κ1) is 11.5. The molecule has 0 bridgehead atoms. The van der Waals surface area contributed by atoms with E-state index in [1.807, 2.05) is 0 Å². The molecule has 0 aliphatic heterocycles. The van der Waals surface area contributed by atoms with E-state index in [0.29, 0.717) is 5.92 Å². The van der Waals surface area contributed by atoms with Gasteiger partial charge in [-0.3, -0.25) is 4.68 Å². The lowest BCUT2D eigenvalue weighted by molar-refractivity contribution is 0.462. The first-order chi connectivity index (χ1) is 6.30. The number of nitrogens with one attached hydrogen (secondary N) is 1. The summed E-state index contributed by atoms with van der Waals surface area (Å²) in [4.78, 5) is 0. The maximum atomic E-state index is 5.29. The van der Waals surface area contributed by atoms with Crippen molar-refractivity contribution in [3.05, 3.63) is 16.4 Å². The molecule has 0 spiro atoms. The Morgan fingerprint density at radius 2 is 2.00 bits per heavy atom. The Bertz CT molecular complexity index is 352. The molecule has 0 radical (unpaired) electrons. The molecule has 14 heavy (non-hydrogen) atoms. The number of rotatable bonds is 2. The van der Waals surface area contributed by atoms with Crippen LogP contribution in [-0.2, 0) is 12.0 Å². The molecular formula is C11H20N2S. The Kier molecular flexibility index (Phi) is 3.20. The Hall–Kier alpha value is -0.570. The van der Waals surface area contributed by atoms with Gasteiger partial charge in [0.25, 0.3) is 0 Å². The van der Waals surface area contributed by atoms with Crippen molar-refractivity contribution < 1.29 is 0 Å². The van der Waals surface area contributed by atoms with Crippen molar-refractivity contribution in [2.45, 2.75) is 46.6 Å². The van der Waals surface area contributed by atoms with Gasteiger partial charge >= 0.3 is 0 Å². The van der Waals surface area contributed by atoms with E-state index >= 15 is 0 Å². The smallest absolute Gasteiger partial charge is 0.122 e. The summed E-state index contributed by atoms with van der Waals surface area (Å²) in [5.41, 5.74) is 1.36. The first-order valence-electron chi connectivity index (χ1n) is 5.11. The van der Waals surface area contributed by atoms with Gasteiger partial charge in [-0.1, -0.05) is 46.8 Å². The van der Waals surface area contributed by atoms with Gasteiger partial charge in [-0.15, -0.1) is 0 Å². The zero-order valence-electron chi connectivity index (χ0n) is 9.72. The van der Waals surface area contributed by atoms with Gasteiger partial charge in [0.1, 0.15) is 4.64 Å². The number of nitrogens with zero attached hydrogens (tertiary/aromatic N) is 1. The molecule has 0 atom stereocenters. The van der Waals surface area contributed by atoms with E-state index in [2.05, 4.69) is 50.5 Å². The second-order valence-corrected chi connectivity index (χ2v) is 5.68. The summed E-state index contributed by atoms with van der Waals surface area (Å²) in [6.07, 6.45) is 0. The number of hydrogen-bond donors (Lipinski definition) is 1. The van der Waals surface area contributed by atoms with Crippen LogP contribution in [0.5, 0.6) is 0 Å². The summed E-state index contributed by atoms with van der Waals surface area (Å²) < 4.78 is 2.96. The monoisotopic (exact) mass is 212 g/mol. The SMILES string of the molecule is CC(C)Cn1[nH]c(C(C)(C)C)cc1=S. The molecule has 1 rings (SSSR count). The molecule has 0 fully saturated rings. The van der Waals surface area contributed by atoms with Gasteiger partial charge in [-0.2, -0.15) is 0 Å². The molecule has 0 saturated carbocycles. The van der Waals surface area contributed by atoms with E-state index < -0.39 is 0 Å². The standard InChI is InChI=1S/C11H20N2S/c1-8(2)7-13-10(14)6-9(12-13)11(3,4)5/h6,8,12H,7H2,1-5H3.